The number of aromatic nitrogens is 1. The Labute approximate surface area is 164 Å². The quantitative estimate of drug-likeness (QED) is 0.786. The number of para-hydroxylation sites is 1. The number of thiazole rings is 1. The molecule has 1 saturated heterocycles. The van der Waals surface area contributed by atoms with Crippen LogP contribution in [-0.2, 0) is 20.9 Å². The fourth-order valence-electron chi connectivity index (χ4n) is 3.36. The lowest BCUT2D eigenvalue weighted by atomic mass is 10.00. The van der Waals surface area contributed by atoms with Gasteiger partial charge in [0.15, 0.2) is 0 Å². The van der Waals surface area contributed by atoms with Crippen LogP contribution in [0.15, 0.2) is 24.3 Å². The molecule has 1 aliphatic rings. The number of ether oxygens (including phenoxy) is 2. The number of nitrogens with one attached hydrogen (secondary N) is 1. The van der Waals surface area contributed by atoms with E-state index in [0.717, 1.165) is 28.3 Å². The van der Waals surface area contributed by atoms with Gasteiger partial charge in [0.2, 0.25) is 5.91 Å². The smallest absolute Gasteiger partial charge is 0.246 e. The molecule has 2 aromatic rings. The molecule has 1 aromatic heterocycles. The van der Waals surface area contributed by atoms with Crippen molar-refractivity contribution in [2.24, 2.45) is 0 Å². The topological polar surface area (TPSA) is 63.7 Å². The summed E-state index contributed by atoms with van der Waals surface area (Å²) >= 11 is 1.60. The Hall–Kier alpha value is -1.54. The Balaban J connectivity index is 1.42. The van der Waals surface area contributed by atoms with Gasteiger partial charge in [-0.3, -0.25) is 9.69 Å². The Bertz CT molecular complexity index is 734. The highest BCUT2D eigenvalue weighted by atomic mass is 32.1. The molecule has 1 amide bonds. The summed E-state index contributed by atoms with van der Waals surface area (Å²) in [5.74, 6) is -0.0986. The highest BCUT2D eigenvalue weighted by Crippen LogP contribution is 2.22. The van der Waals surface area contributed by atoms with Crippen LogP contribution in [0.4, 0.5) is 0 Å². The lowest BCUT2D eigenvalue weighted by molar-refractivity contribution is -0.127. The summed E-state index contributed by atoms with van der Waals surface area (Å²) in [4.78, 5) is 19.1. The van der Waals surface area contributed by atoms with Crippen molar-refractivity contribution < 1.29 is 14.3 Å². The Morgan fingerprint density at radius 2 is 2.04 bits per heavy atom. The molecule has 0 spiro atoms. The summed E-state index contributed by atoms with van der Waals surface area (Å²) in [6.45, 7) is 11.2. The number of morpholine rings is 1. The van der Waals surface area contributed by atoms with Crippen LogP contribution in [0, 0.1) is 0 Å². The molecule has 0 bridgehead atoms. The van der Waals surface area contributed by atoms with Gasteiger partial charge in [0.1, 0.15) is 11.6 Å². The van der Waals surface area contributed by atoms with E-state index in [1.54, 1.807) is 11.3 Å². The van der Waals surface area contributed by atoms with Gasteiger partial charge in [0.05, 0.1) is 29.0 Å². The molecule has 148 valence electrons. The maximum Gasteiger partial charge on any atom is 0.246 e. The number of amides is 1. The predicted octanol–water partition coefficient (Wildman–Crippen LogP) is 2.82. The van der Waals surface area contributed by atoms with Crippen LogP contribution in [0.5, 0.6) is 0 Å². The van der Waals surface area contributed by atoms with Crippen molar-refractivity contribution in [3.63, 3.8) is 0 Å². The van der Waals surface area contributed by atoms with Crippen molar-refractivity contribution in [2.45, 2.75) is 52.0 Å². The van der Waals surface area contributed by atoms with Crippen LogP contribution in [0.2, 0.25) is 0 Å². The van der Waals surface area contributed by atoms with Gasteiger partial charge in [0, 0.05) is 25.2 Å². The maximum absolute atomic E-state index is 12.2. The fourth-order valence-corrected chi connectivity index (χ4v) is 4.27. The molecular formula is C20H29N3O3S. The van der Waals surface area contributed by atoms with Crippen LogP contribution >= 0.6 is 11.3 Å². The number of benzene rings is 1. The summed E-state index contributed by atoms with van der Waals surface area (Å²) in [6, 6.07) is 7.99. The second-order valence-electron chi connectivity index (χ2n) is 7.82. The van der Waals surface area contributed by atoms with Crippen molar-refractivity contribution in [3.8, 4) is 0 Å². The van der Waals surface area contributed by atoms with Gasteiger partial charge >= 0.3 is 0 Å². The molecule has 27 heavy (non-hydrogen) atoms. The minimum absolute atomic E-state index is 0.0436. The minimum atomic E-state index is -0.130. The van der Waals surface area contributed by atoms with Gasteiger partial charge in [-0.2, -0.15) is 0 Å². The van der Waals surface area contributed by atoms with E-state index in [2.05, 4.69) is 42.9 Å². The molecule has 1 aromatic carbocycles. The monoisotopic (exact) mass is 391 g/mol. The third-order valence-corrected chi connectivity index (χ3v) is 5.80. The zero-order valence-electron chi connectivity index (χ0n) is 16.5. The normalized spacial score (nSPS) is 21.5. The van der Waals surface area contributed by atoms with E-state index in [9.17, 15) is 4.79 Å². The lowest BCUT2D eigenvalue weighted by Crippen LogP contribution is -2.58. The SMILES string of the molecule is C[C@@H]1CN(C(C)(C)CNC(=O)COCc2nc3ccccc3s2)C[C@@H](C)O1. The van der Waals surface area contributed by atoms with Crippen LogP contribution in [-0.4, -0.2) is 59.8 Å². The van der Waals surface area contributed by atoms with Crippen LogP contribution in [0.25, 0.3) is 10.2 Å². The Morgan fingerprint density at radius 3 is 2.74 bits per heavy atom. The van der Waals surface area contributed by atoms with E-state index in [1.807, 2.05) is 24.3 Å². The molecule has 2 atom stereocenters. The van der Waals surface area contributed by atoms with Crippen molar-refractivity contribution in [3.05, 3.63) is 29.3 Å². The van der Waals surface area contributed by atoms with Crippen LogP contribution in [0.3, 0.4) is 0 Å². The Morgan fingerprint density at radius 1 is 1.33 bits per heavy atom. The van der Waals surface area contributed by atoms with Crippen LogP contribution < -0.4 is 5.32 Å². The van der Waals surface area contributed by atoms with Gasteiger partial charge in [-0.05, 0) is 39.8 Å². The second-order valence-corrected chi connectivity index (χ2v) is 8.93. The van der Waals surface area contributed by atoms with Crippen molar-refractivity contribution in [1.82, 2.24) is 15.2 Å². The molecule has 1 aliphatic heterocycles. The van der Waals surface area contributed by atoms with Crippen molar-refractivity contribution in [1.29, 1.82) is 0 Å². The first kappa shape index (κ1) is 20.2. The molecule has 0 radical (unpaired) electrons. The highest BCUT2D eigenvalue weighted by Gasteiger charge is 2.33. The molecule has 0 unspecified atom stereocenters. The number of hydrogen-bond donors (Lipinski definition) is 1. The molecule has 0 saturated carbocycles. The first-order valence-electron chi connectivity index (χ1n) is 9.43. The highest BCUT2D eigenvalue weighted by molar-refractivity contribution is 7.18. The number of carbonyl (C=O) groups excluding carboxylic acids is 1. The number of carbonyl (C=O) groups is 1. The fraction of sp³-hybridized carbons (Fsp3) is 0.600. The summed E-state index contributed by atoms with van der Waals surface area (Å²) < 4.78 is 12.5. The third kappa shape index (κ3) is 5.48. The molecule has 2 heterocycles. The van der Waals surface area contributed by atoms with Gasteiger partial charge in [-0.25, -0.2) is 4.98 Å². The van der Waals surface area contributed by atoms with Gasteiger partial charge in [0.25, 0.3) is 0 Å². The summed E-state index contributed by atoms with van der Waals surface area (Å²) in [5, 5.41) is 3.89. The molecular weight excluding hydrogens is 362 g/mol. The van der Waals surface area contributed by atoms with E-state index >= 15 is 0 Å². The first-order valence-corrected chi connectivity index (χ1v) is 10.2. The summed E-state index contributed by atoms with van der Waals surface area (Å²) in [7, 11) is 0. The lowest BCUT2D eigenvalue weighted by Gasteiger charge is -2.45. The number of fused-ring (bicyclic) bond motifs is 1. The van der Waals surface area contributed by atoms with E-state index < -0.39 is 0 Å². The molecule has 1 fully saturated rings. The molecule has 6 nitrogen and oxygen atoms in total. The number of nitrogens with zero attached hydrogens (tertiary/aromatic N) is 2. The molecule has 0 aliphatic carbocycles. The zero-order chi connectivity index (χ0) is 19.4. The largest absolute Gasteiger partial charge is 0.373 e. The minimum Gasteiger partial charge on any atom is -0.373 e. The average molecular weight is 392 g/mol. The molecule has 1 N–H and O–H groups in total. The number of rotatable bonds is 7. The van der Waals surface area contributed by atoms with Crippen molar-refractivity contribution in [2.75, 3.05) is 26.2 Å². The predicted molar refractivity (Wildman–Crippen MR) is 108 cm³/mol. The third-order valence-electron chi connectivity index (χ3n) is 4.79. The van der Waals surface area contributed by atoms with E-state index in [0.29, 0.717) is 13.2 Å². The zero-order valence-corrected chi connectivity index (χ0v) is 17.3. The van der Waals surface area contributed by atoms with Crippen molar-refractivity contribution >= 4 is 27.5 Å². The van der Waals surface area contributed by atoms with Gasteiger partial charge in [-0.1, -0.05) is 12.1 Å². The summed E-state index contributed by atoms with van der Waals surface area (Å²) in [6.07, 6.45) is 0.418. The standard InChI is InChI=1S/C20H29N3O3S/c1-14-9-23(10-15(2)26-14)20(3,4)13-21-18(24)11-25-12-19-22-16-7-5-6-8-17(16)27-19/h5-8,14-15H,9-13H2,1-4H3,(H,21,24)/t14-,15-/m1/s1. The van der Waals surface area contributed by atoms with E-state index in [1.165, 1.54) is 0 Å². The van der Waals surface area contributed by atoms with E-state index in [-0.39, 0.29) is 30.3 Å². The Kier molecular flexibility index (Phi) is 6.47. The average Bonchev–Trinajstić information content (AvgIpc) is 3.02. The maximum atomic E-state index is 12.2. The summed E-state index contributed by atoms with van der Waals surface area (Å²) in [5.41, 5.74) is 0.843. The van der Waals surface area contributed by atoms with E-state index in [4.69, 9.17) is 9.47 Å². The van der Waals surface area contributed by atoms with Gasteiger partial charge in [-0.15, -0.1) is 11.3 Å². The molecule has 3 rings (SSSR count). The second kappa shape index (κ2) is 8.65. The molecule has 7 heteroatoms. The first-order chi connectivity index (χ1) is 12.8. The van der Waals surface area contributed by atoms with Crippen LogP contribution in [0.1, 0.15) is 32.7 Å². The number of hydrogen-bond acceptors (Lipinski definition) is 6. The van der Waals surface area contributed by atoms with Gasteiger partial charge < -0.3 is 14.8 Å².